The molecule has 3 aliphatic rings. The molecule has 3 heterocycles. The fourth-order valence-electron chi connectivity index (χ4n) is 12.0. The van der Waals surface area contributed by atoms with Crippen LogP contribution in [-0.2, 0) is 29.1 Å². The molecule has 0 saturated carbocycles. The molecule has 4 heteroatoms. The van der Waals surface area contributed by atoms with Crippen LogP contribution in [0, 0.1) is 5.41 Å². The van der Waals surface area contributed by atoms with Crippen LogP contribution < -0.4 is 26.2 Å². The Kier molecular flexibility index (Phi) is 9.53. The lowest BCUT2D eigenvalue weighted by Crippen LogP contribution is -2.61. The Balaban J connectivity index is 1.25. The summed E-state index contributed by atoms with van der Waals surface area (Å²) < 4.78 is 2.52. The average Bonchev–Trinajstić information content (AvgIpc) is 3.82. The van der Waals surface area contributed by atoms with E-state index in [1.807, 2.05) is 0 Å². The van der Waals surface area contributed by atoms with E-state index in [2.05, 4.69) is 254 Å². The number of hydrogen-bond donors (Lipinski definition) is 0. The van der Waals surface area contributed by atoms with Gasteiger partial charge in [0, 0.05) is 44.8 Å². The van der Waals surface area contributed by atoms with Crippen LogP contribution in [0.4, 0.5) is 34.1 Å². The van der Waals surface area contributed by atoms with E-state index in [1.54, 1.807) is 0 Å². The monoisotopic (exact) mass is 898 g/mol. The van der Waals surface area contributed by atoms with Crippen LogP contribution in [0.3, 0.4) is 0 Å². The Morgan fingerprint density at radius 2 is 0.928 bits per heavy atom. The first-order valence-electron chi connectivity index (χ1n) is 25.2. The molecule has 1 aromatic heterocycles. The second kappa shape index (κ2) is 15.1. The zero-order chi connectivity index (χ0) is 47.9. The summed E-state index contributed by atoms with van der Waals surface area (Å²) >= 11 is 0. The lowest BCUT2D eigenvalue weighted by atomic mass is 9.33. The summed E-state index contributed by atoms with van der Waals surface area (Å²) in [5.74, 6) is 0. The fraction of sp³-hybridized carbons (Fsp3) is 0.262. The van der Waals surface area contributed by atoms with E-state index in [1.165, 1.54) is 111 Å². The standard InChI is InChI=1S/C65H64BN3/c1-62(2,3)44-25-29-47(30-26-44)67-57-32-28-46(64(7,8)9)36-53(57)66-52-33-42-39-65(10,11)40-43(42)34-58(52)69(56-31-27-45(63(4,5)6)35-51(56)41-19-13-12-14-20-41)60-38-48(37-59(67)61(60)66)68-54-23-17-15-21-49(54)50-22-16-18-24-55(50)68/h12-38H,39-40H2,1-11H3. The highest BCUT2D eigenvalue weighted by Gasteiger charge is 2.46. The molecule has 3 nitrogen and oxygen atoms in total. The number of rotatable bonds is 4. The molecular formula is C65H64BN3. The molecular weight excluding hydrogens is 834 g/mol. The predicted molar refractivity (Wildman–Crippen MR) is 298 cm³/mol. The van der Waals surface area contributed by atoms with Gasteiger partial charge in [0.1, 0.15) is 0 Å². The first kappa shape index (κ1) is 43.5. The van der Waals surface area contributed by atoms with E-state index in [-0.39, 0.29) is 28.4 Å². The van der Waals surface area contributed by atoms with Crippen molar-refractivity contribution in [2.75, 3.05) is 9.80 Å². The van der Waals surface area contributed by atoms with Crippen LogP contribution in [0.15, 0.2) is 164 Å². The third-order valence-electron chi connectivity index (χ3n) is 15.6. The summed E-state index contributed by atoms with van der Waals surface area (Å²) in [5, 5.41) is 2.52. The van der Waals surface area contributed by atoms with Crippen molar-refractivity contribution in [3.63, 3.8) is 0 Å². The second-order valence-corrected chi connectivity index (χ2v) is 24.2. The largest absolute Gasteiger partial charge is 0.311 e. The molecule has 0 unspecified atom stereocenters. The van der Waals surface area contributed by atoms with Crippen molar-refractivity contribution < 1.29 is 0 Å². The molecule has 0 atom stereocenters. The first-order valence-corrected chi connectivity index (χ1v) is 25.2. The maximum atomic E-state index is 2.68. The molecule has 69 heavy (non-hydrogen) atoms. The Hall–Kier alpha value is -6.78. The lowest BCUT2D eigenvalue weighted by molar-refractivity contribution is 0.392. The molecule has 0 radical (unpaired) electrons. The molecule has 12 rings (SSSR count). The zero-order valence-corrected chi connectivity index (χ0v) is 42.4. The van der Waals surface area contributed by atoms with Crippen molar-refractivity contribution in [2.24, 2.45) is 5.41 Å². The Morgan fingerprint density at radius 1 is 0.420 bits per heavy atom. The number of para-hydroxylation sites is 2. The van der Waals surface area contributed by atoms with E-state index >= 15 is 0 Å². The van der Waals surface area contributed by atoms with Gasteiger partial charge in [-0.05, 0) is 145 Å². The minimum atomic E-state index is -0.0391. The SMILES string of the molecule is CC1(C)Cc2cc3c(cc2C1)N(c1ccc(C(C)(C)C)cc1-c1ccccc1)c1cc(-n2c4ccccc4c4ccccc42)cc2c1B3c1cc(C(C)(C)C)ccc1N2c1ccc(C(C)(C)C)cc1. The molecule has 1 aliphatic carbocycles. The first-order chi connectivity index (χ1) is 32.8. The summed E-state index contributed by atoms with van der Waals surface area (Å²) in [4.78, 5) is 5.28. The van der Waals surface area contributed by atoms with Gasteiger partial charge in [0.05, 0.1) is 22.4 Å². The maximum Gasteiger partial charge on any atom is 0.252 e. The Labute approximate surface area is 410 Å². The summed E-state index contributed by atoms with van der Waals surface area (Å²) in [6.07, 6.45) is 2.14. The van der Waals surface area contributed by atoms with E-state index in [0.717, 1.165) is 18.5 Å². The smallest absolute Gasteiger partial charge is 0.252 e. The number of benzene rings is 8. The number of fused-ring (bicyclic) bond motifs is 8. The van der Waals surface area contributed by atoms with E-state index < -0.39 is 0 Å². The minimum absolute atomic E-state index is 0.00103. The van der Waals surface area contributed by atoms with Gasteiger partial charge in [-0.25, -0.2) is 0 Å². The highest BCUT2D eigenvalue weighted by molar-refractivity contribution is 7.00. The molecule has 9 aromatic rings. The minimum Gasteiger partial charge on any atom is -0.311 e. The van der Waals surface area contributed by atoms with Crippen molar-refractivity contribution in [2.45, 2.75) is 105 Å². The van der Waals surface area contributed by atoms with Crippen LogP contribution in [0.2, 0.25) is 0 Å². The van der Waals surface area contributed by atoms with Gasteiger partial charge in [0.15, 0.2) is 0 Å². The van der Waals surface area contributed by atoms with Crippen molar-refractivity contribution in [3.05, 3.63) is 192 Å². The van der Waals surface area contributed by atoms with Gasteiger partial charge in [-0.3, -0.25) is 0 Å². The predicted octanol–water partition coefficient (Wildman–Crippen LogP) is 15.6. The Morgan fingerprint density at radius 3 is 1.54 bits per heavy atom. The number of aromatic nitrogens is 1. The third kappa shape index (κ3) is 6.99. The molecule has 8 aromatic carbocycles. The fourth-order valence-corrected chi connectivity index (χ4v) is 12.0. The normalized spacial score (nSPS) is 15.1. The van der Waals surface area contributed by atoms with Crippen LogP contribution in [0.1, 0.15) is 104 Å². The molecule has 0 N–H and O–H groups in total. The van der Waals surface area contributed by atoms with Crippen molar-refractivity contribution in [1.82, 2.24) is 4.57 Å². The van der Waals surface area contributed by atoms with E-state index in [4.69, 9.17) is 0 Å². The quantitative estimate of drug-likeness (QED) is 0.163. The van der Waals surface area contributed by atoms with Crippen LogP contribution in [-0.4, -0.2) is 11.3 Å². The number of nitrogens with zero attached hydrogens (tertiary/aromatic N) is 3. The van der Waals surface area contributed by atoms with Crippen molar-refractivity contribution >= 4 is 79.0 Å². The topological polar surface area (TPSA) is 11.4 Å². The molecule has 342 valence electrons. The van der Waals surface area contributed by atoms with E-state index in [0.29, 0.717) is 0 Å². The second-order valence-electron chi connectivity index (χ2n) is 24.2. The van der Waals surface area contributed by atoms with Gasteiger partial charge in [0.25, 0.3) is 6.71 Å². The van der Waals surface area contributed by atoms with Gasteiger partial charge in [-0.15, -0.1) is 0 Å². The molecule has 0 fully saturated rings. The van der Waals surface area contributed by atoms with Crippen LogP contribution in [0.25, 0.3) is 38.6 Å². The zero-order valence-electron chi connectivity index (χ0n) is 42.4. The lowest BCUT2D eigenvalue weighted by Gasteiger charge is -2.45. The molecule has 0 spiro atoms. The van der Waals surface area contributed by atoms with E-state index in [9.17, 15) is 0 Å². The number of hydrogen-bond acceptors (Lipinski definition) is 2. The molecule has 2 aliphatic heterocycles. The van der Waals surface area contributed by atoms with Gasteiger partial charge in [-0.2, -0.15) is 0 Å². The highest BCUT2D eigenvalue weighted by Crippen LogP contribution is 2.51. The van der Waals surface area contributed by atoms with Crippen molar-refractivity contribution in [3.8, 4) is 16.8 Å². The van der Waals surface area contributed by atoms with Crippen LogP contribution >= 0.6 is 0 Å². The number of anilines is 6. The highest BCUT2D eigenvalue weighted by atomic mass is 15.2. The maximum absolute atomic E-state index is 2.68. The van der Waals surface area contributed by atoms with Gasteiger partial charge >= 0.3 is 0 Å². The van der Waals surface area contributed by atoms with Gasteiger partial charge < -0.3 is 14.4 Å². The van der Waals surface area contributed by atoms with Crippen molar-refractivity contribution in [1.29, 1.82) is 0 Å². The summed E-state index contributed by atoms with van der Waals surface area (Å²) in [5.41, 5.74) is 24.6. The molecule has 0 bridgehead atoms. The average molecular weight is 898 g/mol. The Bertz CT molecular complexity index is 3480. The summed E-state index contributed by atoms with van der Waals surface area (Å²) in [6.45, 7) is 25.9. The summed E-state index contributed by atoms with van der Waals surface area (Å²) in [7, 11) is 0. The third-order valence-corrected chi connectivity index (χ3v) is 15.6. The van der Waals surface area contributed by atoms with Gasteiger partial charge in [0.2, 0.25) is 0 Å². The molecule has 0 amide bonds. The van der Waals surface area contributed by atoms with Crippen LogP contribution in [0.5, 0.6) is 0 Å². The molecule has 0 saturated heterocycles. The van der Waals surface area contributed by atoms with Gasteiger partial charge in [-0.1, -0.05) is 179 Å². The summed E-state index contributed by atoms with van der Waals surface area (Å²) in [6, 6.07) is 63.4.